The second-order valence-electron chi connectivity index (χ2n) is 5.89. The van der Waals surface area contributed by atoms with Crippen molar-refractivity contribution >= 4 is 36.0 Å². The van der Waals surface area contributed by atoms with Gasteiger partial charge in [0, 0.05) is 17.4 Å². The van der Waals surface area contributed by atoms with Gasteiger partial charge >= 0.3 is 5.97 Å². The molecule has 0 saturated carbocycles. The molecule has 0 saturated heterocycles. The number of nitrogens with two attached hydrogens (primary N) is 1. The van der Waals surface area contributed by atoms with Gasteiger partial charge in [-0.05, 0) is 29.5 Å². The van der Waals surface area contributed by atoms with E-state index in [-0.39, 0.29) is 37.1 Å². The van der Waals surface area contributed by atoms with E-state index in [4.69, 9.17) is 10.5 Å². The van der Waals surface area contributed by atoms with Gasteiger partial charge in [0.2, 0.25) is 5.91 Å². The number of esters is 1. The number of nitrogens with one attached hydrogen (secondary N) is 1. The molecule has 2 unspecified atom stereocenters. The minimum Gasteiger partial charge on any atom is -0.469 e. The quantitative estimate of drug-likeness (QED) is 0.514. The first kappa shape index (κ1) is 23.0. The Bertz CT molecular complexity index is 726. The smallest absolute Gasteiger partial charge is 0.307 e. The number of hydrogen-bond donors (Lipinski definition) is 2. The summed E-state index contributed by atoms with van der Waals surface area (Å²) in [5.41, 5.74) is 7.88. The van der Waals surface area contributed by atoms with Crippen LogP contribution in [0.1, 0.15) is 36.1 Å². The van der Waals surface area contributed by atoms with Crippen LogP contribution in [0.2, 0.25) is 0 Å². The first-order valence-corrected chi connectivity index (χ1v) is 9.56. The third-order valence-electron chi connectivity index (χ3n) is 4.08. The molecule has 0 radical (unpaired) electrons. The lowest BCUT2D eigenvalue weighted by Gasteiger charge is -2.20. The number of halogens is 1. The highest BCUT2D eigenvalue weighted by Gasteiger charge is 2.20. The Hall–Kier alpha value is -2.02. The van der Waals surface area contributed by atoms with Crippen molar-refractivity contribution < 1.29 is 14.3 Å². The van der Waals surface area contributed by atoms with Crippen LogP contribution >= 0.6 is 24.2 Å². The van der Waals surface area contributed by atoms with Crippen LogP contribution < -0.4 is 11.1 Å². The number of ether oxygens (including phenoxy) is 1. The van der Waals surface area contributed by atoms with Crippen molar-refractivity contribution in [3.63, 3.8) is 0 Å². The van der Waals surface area contributed by atoms with Crippen molar-refractivity contribution in [2.24, 2.45) is 5.73 Å². The fourth-order valence-corrected chi connectivity index (χ4v) is 3.02. The second-order valence-corrected chi connectivity index (χ2v) is 6.77. The molecule has 3 N–H and O–H groups in total. The van der Waals surface area contributed by atoms with Crippen LogP contribution in [0, 0.1) is 0 Å². The summed E-state index contributed by atoms with van der Waals surface area (Å²) in [6, 6.07) is 16.4. The van der Waals surface area contributed by atoms with Gasteiger partial charge in [-0.15, -0.1) is 24.2 Å². The SMILES string of the molecule is COC(=O)CC(NC(=O)CC(N)c1ccccc1)c1ccc(SC)cc1.Cl. The minimum atomic E-state index is -0.450. The zero-order valence-corrected chi connectivity index (χ0v) is 17.0. The molecule has 2 rings (SSSR count). The molecule has 1 amide bonds. The lowest BCUT2D eigenvalue weighted by molar-refractivity contribution is -0.141. The van der Waals surface area contributed by atoms with Gasteiger partial charge in [-0.3, -0.25) is 9.59 Å². The number of thioether (sulfide) groups is 1. The van der Waals surface area contributed by atoms with Crippen molar-refractivity contribution in [1.82, 2.24) is 5.32 Å². The standard InChI is InChI=1S/C20H24N2O3S.ClH/c1-25-20(24)13-18(15-8-10-16(26-2)11-9-15)22-19(23)12-17(21)14-6-4-3-5-7-14;/h3-11,17-18H,12-13,21H2,1-2H3,(H,22,23);1H. The summed E-state index contributed by atoms with van der Waals surface area (Å²) in [5, 5.41) is 2.91. The van der Waals surface area contributed by atoms with Crippen molar-refractivity contribution in [1.29, 1.82) is 0 Å². The second kappa shape index (κ2) is 11.6. The van der Waals surface area contributed by atoms with Gasteiger partial charge in [-0.2, -0.15) is 0 Å². The number of benzene rings is 2. The highest BCUT2D eigenvalue weighted by Crippen LogP contribution is 2.22. The molecule has 0 heterocycles. The summed E-state index contributed by atoms with van der Waals surface area (Å²) in [5.74, 6) is -0.583. The average Bonchev–Trinajstić information content (AvgIpc) is 2.68. The zero-order chi connectivity index (χ0) is 18.9. The maximum absolute atomic E-state index is 12.5. The predicted molar refractivity (Wildman–Crippen MR) is 111 cm³/mol. The molecule has 2 aromatic carbocycles. The van der Waals surface area contributed by atoms with Gasteiger partial charge in [0.05, 0.1) is 19.6 Å². The topological polar surface area (TPSA) is 81.4 Å². The van der Waals surface area contributed by atoms with Gasteiger partial charge < -0.3 is 15.8 Å². The van der Waals surface area contributed by atoms with Crippen molar-refractivity contribution in [2.45, 2.75) is 29.8 Å². The molecule has 27 heavy (non-hydrogen) atoms. The Morgan fingerprint density at radius 1 is 1.04 bits per heavy atom. The molecule has 2 atom stereocenters. The summed E-state index contributed by atoms with van der Waals surface area (Å²) < 4.78 is 4.76. The van der Waals surface area contributed by atoms with Crippen LogP contribution in [0.15, 0.2) is 59.5 Å². The van der Waals surface area contributed by atoms with Gasteiger partial charge in [-0.25, -0.2) is 0 Å². The molecular formula is C20H25ClN2O3S. The number of hydrogen-bond acceptors (Lipinski definition) is 5. The Morgan fingerprint density at radius 2 is 1.67 bits per heavy atom. The molecule has 0 fully saturated rings. The first-order valence-electron chi connectivity index (χ1n) is 8.34. The van der Waals surface area contributed by atoms with E-state index in [0.29, 0.717) is 0 Å². The molecule has 0 aromatic heterocycles. The van der Waals surface area contributed by atoms with Gasteiger partial charge in [0.25, 0.3) is 0 Å². The van der Waals surface area contributed by atoms with Gasteiger partial charge in [0.15, 0.2) is 0 Å². The van der Waals surface area contributed by atoms with Crippen LogP contribution in [0.4, 0.5) is 0 Å². The number of rotatable bonds is 8. The minimum absolute atomic E-state index is 0. The zero-order valence-electron chi connectivity index (χ0n) is 15.4. The number of carbonyl (C=O) groups is 2. The first-order chi connectivity index (χ1) is 12.5. The van der Waals surface area contributed by atoms with E-state index in [2.05, 4.69) is 5.32 Å². The molecule has 0 aliphatic carbocycles. The monoisotopic (exact) mass is 408 g/mol. The van der Waals surface area contributed by atoms with Crippen molar-refractivity contribution in [2.75, 3.05) is 13.4 Å². The molecule has 2 aromatic rings. The fraction of sp³-hybridized carbons (Fsp3) is 0.300. The van der Waals surface area contributed by atoms with E-state index in [1.165, 1.54) is 7.11 Å². The van der Waals surface area contributed by atoms with Crippen LogP contribution in [-0.4, -0.2) is 25.2 Å². The van der Waals surface area contributed by atoms with E-state index < -0.39 is 12.1 Å². The van der Waals surface area contributed by atoms with E-state index in [1.54, 1.807) is 11.8 Å². The Balaban J connectivity index is 0.00000364. The Morgan fingerprint density at radius 3 is 2.22 bits per heavy atom. The lowest BCUT2D eigenvalue weighted by Crippen LogP contribution is -2.32. The van der Waals surface area contributed by atoms with Crippen molar-refractivity contribution in [3.8, 4) is 0 Å². The van der Waals surface area contributed by atoms with Crippen LogP contribution in [-0.2, 0) is 14.3 Å². The maximum Gasteiger partial charge on any atom is 0.307 e. The lowest BCUT2D eigenvalue weighted by atomic mass is 10.0. The molecule has 0 aliphatic heterocycles. The maximum atomic E-state index is 12.5. The molecular weight excluding hydrogens is 384 g/mol. The van der Waals surface area contributed by atoms with Gasteiger partial charge in [0.1, 0.15) is 0 Å². The number of methoxy groups -OCH3 is 1. The Kier molecular flexibility index (Phi) is 9.93. The van der Waals surface area contributed by atoms with E-state index >= 15 is 0 Å². The summed E-state index contributed by atoms with van der Waals surface area (Å²) in [6.07, 6.45) is 2.21. The van der Waals surface area contributed by atoms with Crippen LogP contribution in [0.5, 0.6) is 0 Å². The highest BCUT2D eigenvalue weighted by molar-refractivity contribution is 7.98. The van der Waals surface area contributed by atoms with Crippen LogP contribution in [0.25, 0.3) is 0 Å². The largest absolute Gasteiger partial charge is 0.469 e. The molecule has 5 nitrogen and oxygen atoms in total. The summed E-state index contributed by atoms with van der Waals surface area (Å²) in [7, 11) is 1.34. The summed E-state index contributed by atoms with van der Waals surface area (Å²) >= 11 is 1.63. The van der Waals surface area contributed by atoms with E-state index in [0.717, 1.165) is 16.0 Å². The molecule has 0 aliphatic rings. The van der Waals surface area contributed by atoms with Crippen molar-refractivity contribution in [3.05, 3.63) is 65.7 Å². The molecule has 146 valence electrons. The third-order valence-corrected chi connectivity index (χ3v) is 4.83. The normalized spacial score (nSPS) is 12.4. The predicted octanol–water partition coefficient (Wildman–Crippen LogP) is 3.64. The molecule has 7 heteroatoms. The van der Waals surface area contributed by atoms with E-state index in [1.807, 2.05) is 60.9 Å². The van der Waals surface area contributed by atoms with Crippen LogP contribution in [0.3, 0.4) is 0 Å². The summed E-state index contributed by atoms with van der Waals surface area (Å²) in [6.45, 7) is 0. The van der Waals surface area contributed by atoms with Gasteiger partial charge in [-0.1, -0.05) is 42.5 Å². The molecule has 0 spiro atoms. The fourth-order valence-electron chi connectivity index (χ4n) is 2.61. The van der Waals surface area contributed by atoms with E-state index in [9.17, 15) is 9.59 Å². The Labute approximate surface area is 170 Å². The highest BCUT2D eigenvalue weighted by atomic mass is 35.5. The average molecular weight is 409 g/mol. The number of amides is 1. The number of carbonyl (C=O) groups excluding carboxylic acids is 2. The summed E-state index contributed by atoms with van der Waals surface area (Å²) in [4.78, 5) is 25.3. The molecule has 0 bridgehead atoms. The third kappa shape index (κ3) is 7.25.